The minimum Gasteiger partial charge on any atom is -0.497 e. The average molecular weight is 362 g/mol. The van der Waals surface area contributed by atoms with Crippen LogP contribution in [0.1, 0.15) is 35.1 Å². The third-order valence-electron chi connectivity index (χ3n) is 4.19. The number of ether oxygens (including phenoxy) is 2. The minimum absolute atomic E-state index is 0.133. The van der Waals surface area contributed by atoms with E-state index in [1.54, 1.807) is 43.8 Å². The molecule has 0 fully saturated rings. The second-order valence-corrected chi connectivity index (χ2v) is 6.54. The Labute approximate surface area is 153 Å². The van der Waals surface area contributed by atoms with Crippen LogP contribution in [-0.4, -0.2) is 44.7 Å². The summed E-state index contributed by atoms with van der Waals surface area (Å²) in [4.78, 5) is 16.2. The van der Waals surface area contributed by atoms with Crippen molar-refractivity contribution in [2.24, 2.45) is 0 Å². The van der Waals surface area contributed by atoms with Crippen molar-refractivity contribution in [3.8, 4) is 11.5 Å². The van der Waals surface area contributed by atoms with Gasteiger partial charge in [-0.25, -0.2) is 0 Å². The third kappa shape index (κ3) is 4.96. The van der Waals surface area contributed by atoms with Crippen molar-refractivity contribution < 1.29 is 14.3 Å². The highest BCUT2D eigenvalue weighted by Crippen LogP contribution is 2.25. The molecule has 0 aliphatic heterocycles. The SMILES string of the molecule is CCN(CC)C(CNC(=O)c1cc(OC)cc(OC)c1)c1cccs1. The zero-order valence-electron chi connectivity index (χ0n) is 15.2. The highest BCUT2D eigenvalue weighted by molar-refractivity contribution is 7.10. The molecule has 1 heterocycles. The fraction of sp³-hybridized carbons (Fsp3) is 0.421. The Morgan fingerprint density at radius 1 is 1.16 bits per heavy atom. The van der Waals surface area contributed by atoms with Gasteiger partial charge in [0.1, 0.15) is 11.5 Å². The number of likely N-dealkylation sites (N-methyl/N-ethyl adjacent to an activating group) is 1. The summed E-state index contributed by atoms with van der Waals surface area (Å²) in [5.41, 5.74) is 0.528. The van der Waals surface area contributed by atoms with Crippen LogP contribution in [0, 0.1) is 0 Å². The lowest BCUT2D eigenvalue weighted by molar-refractivity contribution is 0.0935. The Morgan fingerprint density at radius 2 is 1.80 bits per heavy atom. The highest BCUT2D eigenvalue weighted by atomic mass is 32.1. The molecule has 25 heavy (non-hydrogen) atoms. The van der Waals surface area contributed by atoms with Crippen LogP contribution in [0.4, 0.5) is 0 Å². The van der Waals surface area contributed by atoms with Crippen molar-refractivity contribution in [1.29, 1.82) is 0 Å². The van der Waals surface area contributed by atoms with Crippen LogP contribution in [0.15, 0.2) is 35.7 Å². The summed E-state index contributed by atoms with van der Waals surface area (Å²) in [5.74, 6) is 1.07. The molecule has 1 N–H and O–H groups in total. The fourth-order valence-electron chi connectivity index (χ4n) is 2.78. The summed E-state index contributed by atoms with van der Waals surface area (Å²) in [6.45, 7) is 6.70. The van der Waals surface area contributed by atoms with Gasteiger partial charge in [-0.2, -0.15) is 0 Å². The average Bonchev–Trinajstić information content (AvgIpc) is 3.18. The Morgan fingerprint density at radius 3 is 2.28 bits per heavy atom. The molecule has 1 aromatic heterocycles. The number of carbonyl (C=O) groups is 1. The van der Waals surface area contributed by atoms with Gasteiger partial charge in [0.05, 0.1) is 20.3 Å². The van der Waals surface area contributed by atoms with Crippen molar-refractivity contribution in [2.75, 3.05) is 33.9 Å². The van der Waals surface area contributed by atoms with E-state index < -0.39 is 0 Å². The Balaban J connectivity index is 2.13. The van der Waals surface area contributed by atoms with Crippen molar-refractivity contribution >= 4 is 17.2 Å². The summed E-state index contributed by atoms with van der Waals surface area (Å²) in [6.07, 6.45) is 0. The second kappa shape index (κ2) is 9.44. The minimum atomic E-state index is -0.133. The first-order valence-electron chi connectivity index (χ1n) is 8.41. The zero-order valence-corrected chi connectivity index (χ0v) is 16.1. The molecule has 0 spiro atoms. The molecule has 0 saturated carbocycles. The summed E-state index contributed by atoms with van der Waals surface area (Å²) < 4.78 is 10.5. The van der Waals surface area contributed by atoms with Gasteiger partial charge < -0.3 is 14.8 Å². The van der Waals surface area contributed by atoms with E-state index >= 15 is 0 Å². The number of hydrogen-bond donors (Lipinski definition) is 1. The van der Waals surface area contributed by atoms with E-state index in [4.69, 9.17) is 9.47 Å². The van der Waals surface area contributed by atoms with Crippen LogP contribution in [0.3, 0.4) is 0 Å². The van der Waals surface area contributed by atoms with E-state index in [9.17, 15) is 4.79 Å². The number of nitrogens with zero attached hydrogens (tertiary/aromatic N) is 1. The van der Waals surface area contributed by atoms with E-state index in [2.05, 4.69) is 35.5 Å². The van der Waals surface area contributed by atoms with E-state index in [0.717, 1.165) is 13.1 Å². The van der Waals surface area contributed by atoms with Gasteiger partial charge in [0.2, 0.25) is 0 Å². The van der Waals surface area contributed by atoms with Crippen LogP contribution >= 0.6 is 11.3 Å². The number of carbonyl (C=O) groups excluding carboxylic acids is 1. The maximum absolute atomic E-state index is 12.6. The number of nitrogens with one attached hydrogen (secondary N) is 1. The molecule has 5 nitrogen and oxygen atoms in total. The molecule has 0 aliphatic rings. The topological polar surface area (TPSA) is 50.8 Å². The Hall–Kier alpha value is -2.05. The van der Waals surface area contributed by atoms with Crippen LogP contribution in [-0.2, 0) is 0 Å². The van der Waals surface area contributed by atoms with Gasteiger partial charge in [-0.3, -0.25) is 9.69 Å². The largest absolute Gasteiger partial charge is 0.497 e. The predicted molar refractivity (Wildman–Crippen MR) is 102 cm³/mol. The summed E-state index contributed by atoms with van der Waals surface area (Å²) in [6, 6.07) is 9.53. The molecule has 1 amide bonds. The van der Waals surface area contributed by atoms with Gasteiger partial charge in [-0.15, -0.1) is 11.3 Å². The lowest BCUT2D eigenvalue weighted by Gasteiger charge is -2.29. The van der Waals surface area contributed by atoms with Gasteiger partial charge in [0, 0.05) is 23.1 Å². The number of methoxy groups -OCH3 is 2. The number of amides is 1. The fourth-order valence-corrected chi connectivity index (χ4v) is 3.65. The highest BCUT2D eigenvalue weighted by Gasteiger charge is 2.20. The molecular weight excluding hydrogens is 336 g/mol. The molecule has 1 unspecified atom stereocenters. The Kier molecular flexibility index (Phi) is 7.28. The van der Waals surface area contributed by atoms with Crippen LogP contribution in [0.25, 0.3) is 0 Å². The first kappa shape index (κ1) is 19.3. The molecule has 0 bridgehead atoms. The zero-order chi connectivity index (χ0) is 18.2. The predicted octanol–water partition coefficient (Wildman–Crippen LogP) is 3.58. The molecule has 0 aliphatic carbocycles. The molecule has 1 aromatic carbocycles. The second-order valence-electron chi connectivity index (χ2n) is 5.56. The van der Waals surface area contributed by atoms with Crippen LogP contribution in [0.5, 0.6) is 11.5 Å². The van der Waals surface area contributed by atoms with Crippen molar-refractivity contribution in [1.82, 2.24) is 10.2 Å². The van der Waals surface area contributed by atoms with E-state index in [-0.39, 0.29) is 11.9 Å². The van der Waals surface area contributed by atoms with Gasteiger partial charge in [0.15, 0.2) is 0 Å². The van der Waals surface area contributed by atoms with Gasteiger partial charge in [0.25, 0.3) is 5.91 Å². The lowest BCUT2D eigenvalue weighted by atomic mass is 10.1. The third-order valence-corrected chi connectivity index (χ3v) is 5.17. The van der Waals surface area contributed by atoms with Crippen LogP contribution < -0.4 is 14.8 Å². The number of hydrogen-bond acceptors (Lipinski definition) is 5. The monoisotopic (exact) mass is 362 g/mol. The normalized spacial score (nSPS) is 12.0. The smallest absolute Gasteiger partial charge is 0.251 e. The summed E-state index contributed by atoms with van der Waals surface area (Å²) in [5, 5.41) is 5.12. The number of benzene rings is 1. The van der Waals surface area contributed by atoms with Crippen molar-refractivity contribution in [3.63, 3.8) is 0 Å². The quantitative estimate of drug-likeness (QED) is 0.741. The molecule has 2 rings (SSSR count). The van der Waals surface area contributed by atoms with Gasteiger partial charge in [-0.1, -0.05) is 19.9 Å². The van der Waals surface area contributed by atoms with Crippen molar-refractivity contribution in [3.05, 3.63) is 46.2 Å². The molecule has 2 aromatic rings. The van der Waals surface area contributed by atoms with E-state index in [1.807, 2.05) is 6.07 Å². The summed E-state index contributed by atoms with van der Waals surface area (Å²) >= 11 is 1.72. The van der Waals surface area contributed by atoms with E-state index in [0.29, 0.717) is 23.6 Å². The molecule has 0 saturated heterocycles. The molecular formula is C19H26N2O3S. The van der Waals surface area contributed by atoms with Crippen molar-refractivity contribution in [2.45, 2.75) is 19.9 Å². The standard InChI is InChI=1S/C19H26N2O3S/c1-5-21(6-2)17(18-8-7-9-25-18)13-20-19(22)14-10-15(23-3)12-16(11-14)24-4/h7-12,17H,5-6,13H2,1-4H3,(H,20,22). The Bertz CT molecular complexity index is 647. The van der Waals surface area contributed by atoms with Gasteiger partial charge >= 0.3 is 0 Å². The van der Waals surface area contributed by atoms with E-state index in [1.165, 1.54) is 4.88 Å². The molecule has 136 valence electrons. The molecule has 6 heteroatoms. The summed E-state index contributed by atoms with van der Waals surface area (Å²) in [7, 11) is 3.15. The van der Waals surface area contributed by atoms with Crippen LogP contribution in [0.2, 0.25) is 0 Å². The lowest BCUT2D eigenvalue weighted by Crippen LogP contribution is -2.37. The van der Waals surface area contributed by atoms with Gasteiger partial charge in [-0.05, 0) is 36.7 Å². The number of thiophene rings is 1. The molecule has 0 radical (unpaired) electrons. The molecule has 1 atom stereocenters. The first-order chi connectivity index (χ1) is 12.1. The number of rotatable bonds is 9. The maximum atomic E-state index is 12.6. The first-order valence-corrected chi connectivity index (χ1v) is 9.29. The maximum Gasteiger partial charge on any atom is 0.251 e.